The van der Waals surface area contributed by atoms with Crippen molar-refractivity contribution in [1.82, 2.24) is 0 Å². The molecule has 0 aliphatic heterocycles. The Morgan fingerprint density at radius 3 is 3.00 bits per heavy atom. The summed E-state index contributed by atoms with van der Waals surface area (Å²) in [7, 11) is 0. The molecule has 2 aliphatic rings. The zero-order chi connectivity index (χ0) is 7.68. The zero-order valence-electron chi connectivity index (χ0n) is 6.33. The van der Waals surface area contributed by atoms with Crippen LogP contribution in [0, 0.1) is 11.8 Å². The normalized spacial score (nSPS) is 34.8. The summed E-state index contributed by atoms with van der Waals surface area (Å²) < 4.78 is 1.37. The summed E-state index contributed by atoms with van der Waals surface area (Å²) >= 11 is 3.55. The van der Waals surface area contributed by atoms with Gasteiger partial charge in [0.25, 0.3) is 0 Å². The Bertz CT molecular complexity index is 235. The second-order valence-corrected chi connectivity index (χ2v) is 4.18. The van der Waals surface area contributed by atoms with Gasteiger partial charge in [0, 0.05) is 5.92 Å². The van der Waals surface area contributed by atoms with Crippen LogP contribution in [0.5, 0.6) is 0 Å². The molecule has 0 heterocycles. The fraction of sp³-hybridized carbons (Fsp3) is 0.400. The molecule has 2 aliphatic carbocycles. The second kappa shape index (κ2) is 2.98. The van der Waals surface area contributed by atoms with Gasteiger partial charge in [-0.3, -0.25) is 0 Å². The molecule has 0 radical (unpaired) electrons. The summed E-state index contributed by atoms with van der Waals surface area (Å²) in [4.78, 5) is 0. The SMILES string of the molecule is BrC1=CC2C=CC=CC2CC1. The summed E-state index contributed by atoms with van der Waals surface area (Å²) in [5, 5.41) is 0. The van der Waals surface area contributed by atoms with E-state index in [9.17, 15) is 0 Å². The molecule has 2 unspecified atom stereocenters. The lowest BCUT2D eigenvalue weighted by atomic mass is 9.81. The molecule has 0 spiro atoms. The van der Waals surface area contributed by atoms with E-state index in [1.807, 2.05) is 0 Å². The molecule has 0 fully saturated rings. The number of halogens is 1. The lowest BCUT2D eigenvalue weighted by molar-refractivity contribution is 0.489. The van der Waals surface area contributed by atoms with Crippen molar-refractivity contribution in [3.63, 3.8) is 0 Å². The van der Waals surface area contributed by atoms with Crippen LogP contribution in [0.2, 0.25) is 0 Å². The van der Waals surface area contributed by atoms with Crippen LogP contribution in [0.25, 0.3) is 0 Å². The van der Waals surface area contributed by atoms with Gasteiger partial charge < -0.3 is 0 Å². The van der Waals surface area contributed by atoms with Crippen LogP contribution in [0.4, 0.5) is 0 Å². The minimum absolute atomic E-state index is 0.656. The Hall–Kier alpha value is -0.300. The van der Waals surface area contributed by atoms with Gasteiger partial charge in [0.1, 0.15) is 0 Å². The molecule has 2 rings (SSSR count). The van der Waals surface area contributed by atoms with E-state index in [1.165, 1.54) is 17.3 Å². The predicted octanol–water partition coefficient (Wildman–Crippen LogP) is 3.42. The smallest absolute Gasteiger partial charge is 0.00237 e. The molecule has 0 bridgehead atoms. The van der Waals surface area contributed by atoms with Crippen molar-refractivity contribution in [3.05, 3.63) is 34.9 Å². The van der Waals surface area contributed by atoms with Gasteiger partial charge in [-0.15, -0.1) is 0 Å². The summed E-state index contributed by atoms with van der Waals surface area (Å²) in [5.41, 5.74) is 0. The highest BCUT2D eigenvalue weighted by molar-refractivity contribution is 9.11. The molecule has 0 N–H and O–H groups in total. The molecule has 0 aromatic rings. The molecule has 0 aromatic heterocycles. The van der Waals surface area contributed by atoms with Crippen molar-refractivity contribution in [2.75, 3.05) is 0 Å². The van der Waals surface area contributed by atoms with Crippen LogP contribution in [-0.4, -0.2) is 0 Å². The van der Waals surface area contributed by atoms with Crippen molar-refractivity contribution in [2.24, 2.45) is 11.8 Å². The van der Waals surface area contributed by atoms with Gasteiger partial charge in [0.2, 0.25) is 0 Å². The minimum Gasteiger partial charge on any atom is -0.0805 e. The monoisotopic (exact) mass is 210 g/mol. The Morgan fingerprint density at radius 2 is 2.09 bits per heavy atom. The van der Waals surface area contributed by atoms with E-state index in [4.69, 9.17) is 0 Å². The number of fused-ring (bicyclic) bond motifs is 1. The van der Waals surface area contributed by atoms with E-state index in [1.54, 1.807) is 0 Å². The fourth-order valence-electron chi connectivity index (χ4n) is 1.73. The van der Waals surface area contributed by atoms with E-state index in [2.05, 4.69) is 46.3 Å². The van der Waals surface area contributed by atoms with Gasteiger partial charge in [0.15, 0.2) is 0 Å². The highest BCUT2D eigenvalue weighted by atomic mass is 79.9. The zero-order valence-corrected chi connectivity index (χ0v) is 7.92. The number of allylic oxidation sites excluding steroid dienone is 6. The lowest BCUT2D eigenvalue weighted by Gasteiger charge is -2.25. The van der Waals surface area contributed by atoms with Crippen LogP contribution in [0.1, 0.15) is 12.8 Å². The topological polar surface area (TPSA) is 0 Å². The standard InChI is InChI=1S/C10H11Br/c11-10-6-5-8-3-1-2-4-9(8)7-10/h1-4,7-9H,5-6H2. The molecule has 0 amide bonds. The van der Waals surface area contributed by atoms with E-state index in [-0.39, 0.29) is 0 Å². The van der Waals surface area contributed by atoms with Gasteiger partial charge in [0.05, 0.1) is 0 Å². The summed E-state index contributed by atoms with van der Waals surface area (Å²) in [6.45, 7) is 0. The maximum atomic E-state index is 3.55. The van der Waals surface area contributed by atoms with Crippen LogP contribution in [0.3, 0.4) is 0 Å². The van der Waals surface area contributed by atoms with Crippen LogP contribution >= 0.6 is 15.9 Å². The van der Waals surface area contributed by atoms with Crippen molar-refractivity contribution < 1.29 is 0 Å². The molecule has 1 heteroatoms. The third kappa shape index (κ3) is 1.48. The van der Waals surface area contributed by atoms with Crippen molar-refractivity contribution in [2.45, 2.75) is 12.8 Å². The predicted molar refractivity (Wildman–Crippen MR) is 51.5 cm³/mol. The quantitative estimate of drug-likeness (QED) is 0.575. The largest absolute Gasteiger partial charge is 0.0805 e. The highest BCUT2D eigenvalue weighted by Gasteiger charge is 2.20. The van der Waals surface area contributed by atoms with Crippen molar-refractivity contribution >= 4 is 15.9 Å². The molecular formula is C10H11Br. The summed E-state index contributed by atoms with van der Waals surface area (Å²) in [6, 6.07) is 0. The average Bonchev–Trinajstić information content (AvgIpc) is 2.04. The Morgan fingerprint density at radius 1 is 1.27 bits per heavy atom. The van der Waals surface area contributed by atoms with E-state index in [0.29, 0.717) is 5.92 Å². The molecule has 0 saturated heterocycles. The average molecular weight is 211 g/mol. The summed E-state index contributed by atoms with van der Waals surface area (Å²) in [6.07, 6.45) is 13.7. The van der Waals surface area contributed by atoms with Crippen molar-refractivity contribution in [3.8, 4) is 0 Å². The fourth-order valence-corrected chi connectivity index (χ4v) is 2.27. The highest BCUT2D eigenvalue weighted by Crippen LogP contribution is 2.34. The first kappa shape index (κ1) is 7.35. The molecule has 58 valence electrons. The van der Waals surface area contributed by atoms with Gasteiger partial charge in [-0.1, -0.05) is 46.3 Å². The Balaban J connectivity index is 2.22. The van der Waals surface area contributed by atoms with Crippen LogP contribution in [-0.2, 0) is 0 Å². The molecular weight excluding hydrogens is 200 g/mol. The lowest BCUT2D eigenvalue weighted by Crippen LogP contribution is -2.14. The van der Waals surface area contributed by atoms with Gasteiger partial charge in [-0.25, -0.2) is 0 Å². The van der Waals surface area contributed by atoms with E-state index in [0.717, 1.165) is 5.92 Å². The first-order chi connectivity index (χ1) is 5.36. The Labute approximate surface area is 75.8 Å². The molecule has 0 saturated carbocycles. The van der Waals surface area contributed by atoms with Crippen molar-refractivity contribution in [1.29, 1.82) is 0 Å². The first-order valence-electron chi connectivity index (χ1n) is 4.07. The van der Waals surface area contributed by atoms with Crippen LogP contribution < -0.4 is 0 Å². The molecule has 0 aromatic carbocycles. The van der Waals surface area contributed by atoms with Gasteiger partial charge in [-0.05, 0) is 23.2 Å². The third-order valence-corrected chi connectivity index (χ3v) is 3.05. The maximum Gasteiger partial charge on any atom is 0.00237 e. The number of hydrogen-bond donors (Lipinski definition) is 0. The first-order valence-corrected chi connectivity index (χ1v) is 4.87. The second-order valence-electron chi connectivity index (χ2n) is 3.16. The Kier molecular flexibility index (Phi) is 1.99. The van der Waals surface area contributed by atoms with Crippen LogP contribution in [0.15, 0.2) is 34.9 Å². The number of rotatable bonds is 0. The molecule has 2 atom stereocenters. The third-order valence-electron chi connectivity index (χ3n) is 2.39. The maximum absolute atomic E-state index is 3.55. The molecule has 0 nitrogen and oxygen atoms in total. The number of hydrogen-bond acceptors (Lipinski definition) is 0. The minimum atomic E-state index is 0.656. The van der Waals surface area contributed by atoms with E-state index < -0.39 is 0 Å². The molecule has 11 heavy (non-hydrogen) atoms. The van der Waals surface area contributed by atoms with Gasteiger partial charge >= 0.3 is 0 Å². The summed E-state index contributed by atoms with van der Waals surface area (Å²) in [5.74, 6) is 1.42. The van der Waals surface area contributed by atoms with Gasteiger partial charge in [-0.2, -0.15) is 0 Å². The van der Waals surface area contributed by atoms with E-state index >= 15 is 0 Å².